The number of benzene rings is 2. The standard InChI is InChI=1S/C17H14ClNO.C8H8N4O/c1-2-13-11-12-7-6-10-15(18)16(12)17(20)19(13)14-8-4-3-5-9-14;9-7-6(8(10)13)5-3-1-2-4-12(5)11-7/h3-11H,2H2,1H3;1-4H,(H2,9,11)(H2,10,13). The lowest BCUT2D eigenvalue weighted by Crippen LogP contribution is -2.22. The summed E-state index contributed by atoms with van der Waals surface area (Å²) in [6.07, 6.45) is 2.49. The number of pyridine rings is 2. The molecule has 2 aromatic carbocycles. The first-order valence-corrected chi connectivity index (χ1v) is 10.7. The van der Waals surface area contributed by atoms with E-state index in [1.54, 1.807) is 35.0 Å². The number of para-hydroxylation sites is 1. The number of amides is 1. The number of hydrogen-bond donors (Lipinski definition) is 2. The average Bonchev–Trinajstić information content (AvgIpc) is 3.15. The van der Waals surface area contributed by atoms with Gasteiger partial charge in [-0.15, -0.1) is 5.10 Å². The average molecular weight is 460 g/mol. The van der Waals surface area contributed by atoms with Crippen molar-refractivity contribution < 1.29 is 4.79 Å². The highest BCUT2D eigenvalue weighted by Crippen LogP contribution is 2.22. The van der Waals surface area contributed by atoms with E-state index in [1.807, 2.05) is 55.5 Å². The maximum atomic E-state index is 12.8. The summed E-state index contributed by atoms with van der Waals surface area (Å²) in [5.41, 5.74) is 13.4. The van der Waals surface area contributed by atoms with Crippen molar-refractivity contribution in [3.05, 3.63) is 106 Å². The lowest BCUT2D eigenvalue weighted by atomic mass is 10.1. The zero-order valence-corrected chi connectivity index (χ0v) is 18.7. The topological polar surface area (TPSA) is 108 Å². The Balaban J connectivity index is 0.000000172. The third-order valence-electron chi connectivity index (χ3n) is 5.26. The van der Waals surface area contributed by atoms with Crippen molar-refractivity contribution in [3.63, 3.8) is 0 Å². The highest BCUT2D eigenvalue weighted by Gasteiger charge is 2.14. The van der Waals surface area contributed by atoms with Crippen LogP contribution in [0.25, 0.3) is 22.0 Å². The number of fused-ring (bicyclic) bond motifs is 2. The summed E-state index contributed by atoms with van der Waals surface area (Å²) in [4.78, 5) is 23.8. The maximum Gasteiger partial charge on any atom is 0.264 e. The molecular weight excluding hydrogens is 438 g/mol. The van der Waals surface area contributed by atoms with Crippen LogP contribution in [-0.2, 0) is 6.42 Å². The summed E-state index contributed by atoms with van der Waals surface area (Å²) in [5, 5.41) is 5.90. The first kappa shape index (κ1) is 22.1. The number of halogens is 1. The van der Waals surface area contributed by atoms with E-state index in [0.717, 1.165) is 23.2 Å². The fourth-order valence-corrected chi connectivity index (χ4v) is 4.03. The van der Waals surface area contributed by atoms with Gasteiger partial charge in [-0.2, -0.15) is 0 Å². The van der Waals surface area contributed by atoms with Crippen LogP contribution in [0.3, 0.4) is 0 Å². The number of rotatable bonds is 3. The Morgan fingerprint density at radius 3 is 2.45 bits per heavy atom. The molecule has 0 spiro atoms. The predicted molar refractivity (Wildman–Crippen MR) is 132 cm³/mol. The summed E-state index contributed by atoms with van der Waals surface area (Å²) in [6, 6.07) is 22.6. The number of carbonyl (C=O) groups is 1. The van der Waals surface area contributed by atoms with Gasteiger partial charge in [0, 0.05) is 17.6 Å². The molecule has 0 aliphatic rings. The van der Waals surface area contributed by atoms with Gasteiger partial charge in [-0.3, -0.25) is 14.2 Å². The fourth-order valence-electron chi connectivity index (χ4n) is 3.76. The molecule has 0 fully saturated rings. The summed E-state index contributed by atoms with van der Waals surface area (Å²) < 4.78 is 3.27. The summed E-state index contributed by atoms with van der Waals surface area (Å²) in [7, 11) is 0. The quantitative estimate of drug-likeness (QED) is 0.421. The van der Waals surface area contributed by atoms with Gasteiger partial charge in [-0.05, 0) is 48.2 Å². The molecule has 0 radical (unpaired) electrons. The highest BCUT2D eigenvalue weighted by molar-refractivity contribution is 6.35. The van der Waals surface area contributed by atoms with Crippen LogP contribution in [0.4, 0.5) is 5.82 Å². The second-order valence-electron chi connectivity index (χ2n) is 7.32. The molecule has 3 heterocycles. The second kappa shape index (κ2) is 9.18. The van der Waals surface area contributed by atoms with Crippen LogP contribution in [0.5, 0.6) is 0 Å². The minimum absolute atomic E-state index is 0.0591. The van der Waals surface area contributed by atoms with E-state index >= 15 is 0 Å². The van der Waals surface area contributed by atoms with E-state index < -0.39 is 5.91 Å². The molecule has 0 saturated heterocycles. The molecule has 0 unspecified atom stereocenters. The number of primary amides is 1. The van der Waals surface area contributed by atoms with Gasteiger partial charge in [-0.25, -0.2) is 4.52 Å². The molecule has 0 bridgehead atoms. The van der Waals surface area contributed by atoms with E-state index in [0.29, 0.717) is 15.9 Å². The predicted octanol–water partition coefficient (Wildman–Crippen LogP) is 4.22. The number of anilines is 1. The lowest BCUT2D eigenvalue weighted by Gasteiger charge is -2.14. The smallest absolute Gasteiger partial charge is 0.264 e. The van der Waals surface area contributed by atoms with Gasteiger partial charge in [0.1, 0.15) is 5.56 Å². The van der Waals surface area contributed by atoms with Gasteiger partial charge < -0.3 is 11.5 Å². The van der Waals surface area contributed by atoms with Crippen molar-refractivity contribution in [2.75, 3.05) is 5.73 Å². The SMILES string of the molecule is CCc1cc2cccc(Cl)c2c(=O)n1-c1ccccc1.NC(=O)c1c(N)nn2ccccc12. The Morgan fingerprint density at radius 1 is 1.03 bits per heavy atom. The van der Waals surface area contributed by atoms with Gasteiger partial charge in [0.15, 0.2) is 5.82 Å². The first-order valence-electron chi connectivity index (χ1n) is 10.3. The maximum absolute atomic E-state index is 12.8. The summed E-state index contributed by atoms with van der Waals surface area (Å²) in [5.74, 6) is -0.391. The Bertz CT molecular complexity index is 1520. The van der Waals surface area contributed by atoms with Crippen molar-refractivity contribution in [3.8, 4) is 5.69 Å². The molecule has 0 aliphatic carbocycles. The Kier molecular flexibility index (Phi) is 6.15. The minimum Gasteiger partial charge on any atom is -0.382 e. The van der Waals surface area contributed by atoms with Crippen molar-refractivity contribution in [1.29, 1.82) is 0 Å². The zero-order valence-electron chi connectivity index (χ0n) is 17.9. The molecule has 0 saturated carbocycles. The van der Waals surface area contributed by atoms with Crippen molar-refractivity contribution in [2.24, 2.45) is 5.73 Å². The number of aromatic nitrogens is 3. The Labute approximate surface area is 194 Å². The third kappa shape index (κ3) is 4.18. The van der Waals surface area contributed by atoms with Crippen LogP contribution in [-0.4, -0.2) is 20.1 Å². The Hall–Kier alpha value is -4.10. The second-order valence-corrected chi connectivity index (χ2v) is 7.73. The highest BCUT2D eigenvalue weighted by atomic mass is 35.5. The van der Waals surface area contributed by atoms with Gasteiger partial charge in [-0.1, -0.05) is 54.9 Å². The normalized spacial score (nSPS) is 10.7. The third-order valence-corrected chi connectivity index (χ3v) is 5.58. The minimum atomic E-state index is -0.557. The number of nitrogens with zero attached hydrogens (tertiary/aromatic N) is 3. The van der Waals surface area contributed by atoms with E-state index in [2.05, 4.69) is 5.10 Å². The van der Waals surface area contributed by atoms with Gasteiger partial charge >= 0.3 is 0 Å². The van der Waals surface area contributed by atoms with E-state index in [4.69, 9.17) is 23.1 Å². The van der Waals surface area contributed by atoms with E-state index in [-0.39, 0.29) is 16.9 Å². The van der Waals surface area contributed by atoms with E-state index in [9.17, 15) is 9.59 Å². The first-order chi connectivity index (χ1) is 15.9. The number of nitrogens with two attached hydrogens (primary N) is 2. The summed E-state index contributed by atoms with van der Waals surface area (Å²) in [6.45, 7) is 2.05. The molecule has 1 amide bonds. The number of hydrogen-bond acceptors (Lipinski definition) is 4. The monoisotopic (exact) mass is 459 g/mol. The molecule has 0 aliphatic heterocycles. The molecule has 5 aromatic rings. The van der Waals surface area contributed by atoms with Gasteiger partial charge in [0.05, 0.1) is 15.9 Å². The summed E-state index contributed by atoms with van der Waals surface area (Å²) >= 11 is 6.20. The molecule has 3 aromatic heterocycles. The molecule has 8 heteroatoms. The van der Waals surface area contributed by atoms with Crippen LogP contribution < -0.4 is 17.0 Å². The van der Waals surface area contributed by atoms with Crippen molar-refractivity contribution in [1.82, 2.24) is 14.2 Å². The molecular formula is C25H22ClN5O2. The largest absolute Gasteiger partial charge is 0.382 e. The molecule has 33 heavy (non-hydrogen) atoms. The lowest BCUT2D eigenvalue weighted by molar-refractivity contribution is 0.100. The van der Waals surface area contributed by atoms with Crippen LogP contribution >= 0.6 is 11.6 Å². The Morgan fingerprint density at radius 2 is 1.76 bits per heavy atom. The van der Waals surface area contributed by atoms with Crippen LogP contribution in [0.15, 0.2) is 83.8 Å². The van der Waals surface area contributed by atoms with Crippen molar-refractivity contribution >= 4 is 39.6 Å². The number of aryl methyl sites for hydroxylation is 1. The molecule has 166 valence electrons. The van der Waals surface area contributed by atoms with Crippen LogP contribution in [0.2, 0.25) is 5.02 Å². The van der Waals surface area contributed by atoms with E-state index in [1.165, 1.54) is 4.52 Å². The number of carbonyl (C=O) groups excluding carboxylic acids is 1. The van der Waals surface area contributed by atoms with Crippen molar-refractivity contribution in [2.45, 2.75) is 13.3 Å². The van der Waals surface area contributed by atoms with Crippen LogP contribution in [0.1, 0.15) is 23.0 Å². The van der Waals surface area contributed by atoms with Gasteiger partial charge in [0.2, 0.25) is 0 Å². The molecule has 5 rings (SSSR count). The zero-order chi connectivity index (χ0) is 23.5. The van der Waals surface area contributed by atoms with Crippen LogP contribution in [0, 0.1) is 0 Å². The molecule has 0 atom stereocenters. The molecule has 4 N–H and O–H groups in total. The molecule has 7 nitrogen and oxygen atoms in total. The fraction of sp³-hybridized carbons (Fsp3) is 0.0800. The number of nitrogen functional groups attached to an aromatic ring is 1. The van der Waals surface area contributed by atoms with Gasteiger partial charge in [0.25, 0.3) is 11.5 Å².